The molecule has 0 radical (unpaired) electrons. The smallest absolute Gasteiger partial charge is 0.316 e. The number of aromatic nitrogens is 2. The summed E-state index contributed by atoms with van der Waals surface area (Å²) in [5.41, 5.74) is 4.46. The quantitative estimate of drug-likeness (QED) is 0.360. The van der Waals surface area contributed by atoms with E-state index < -0.39 is 5.41 Å². The zero-order chi connectivity index (χ0) is 24.3. The van der Waals surface area contributed by atoms with Gasteiger partial charge in [0, 0.05) is 13.1 Å². The number of aromatic amines is 1. The van der Waals surface area contributed by atoms with Crippen molar-refractivity contribution < 1.29 is 9.53 Å². The summed E-state index contributed by atoms with van der Waals surface area (Å²) in [6, 6.07) is 14.5. The van der Waals surface area contributed by atoms with Crippen molar-refractivity contribution in [1.82, 2.24) is 9.97 Å². The Balaban J connectivity index is 1.80. The summed E-state index contributed by atoms with van der Waals surface area (Å²) >= 11 is 0. The Hall–Kier alpha value is -3.02. The second-order valence-corrected chi connectivity index (χ2v) is 10.4. The van der Waals surface area contributed by atoms with Gasteiger partial charge in [0.1, 0.15) is 0 Å². The maximum atomic E-state index is 13.0. The standard InChI is InChI=1S/C28H38N4O2/c1-19(2)17-32(18-20(3)4)25-13-12-21(28(26(33)34-5)14-8-9-15-28)16-24(25)31-27-29-22-10-6-7-11-23(22)30-27/h6-7,10-13,16,19-20H,8-9,14-15,17-18H2,1-5H3,(H2,29,30,31). The molecule has 0 unspecified atom stereocenters. The van der Waals surface area contributed by atoms with E-state index in [1.165, 1.54) is 7.11 Å². The highest BCUT2D eigenvalue weighted by Crippen LogP contribution is 2.44. The molecule has 4 rings (SSSR count). The van der Waals surface area contributed by atoms with Crippen LogP contribution in [0, 0.1) is 11.8 Å². The van der Waals surface area contributed by atoms with Crippen molar-refractivity contribution >= 4 is 34.3 Å². The number of benzene rings is 2. The third kappa shape index (κ3) is 4.91. The van der Waals surface area contributed by atoms with Crippen molar-refractivity contribution in [1.29, 1.82) is 0 Å². The number of hydrogen-bond donors (Lipinski definition) is 2. The molecule has 1 aliphatic rings. The van der Waals surface area contributed by atoms with Crippen LogP contribution in [0.3, 0.4) is 0 Å². The summed E-state index contributed by atoms with van der Waals surface area (Å²) in [6.45, 7) is 10.9. The second kappa shape index (κ2) is 10.1. The van der Waals surface area contributed by atoms with Crippen molar-refractivity contribution in [2.24, 2.45) is 11.8 Å². The summed E-state index contributed by atoms with van der Waals surface area (Å²) in [6.07, 6.45) is 3.72. The van der Waals surface area contributed by atoms with Crippen LogP contribution >= 0.6 is 0 Å². The number of methoxy groups -OCH3 is 1. The van der Waals surface area contributed by atoms with E-state index in [1.54, 1.807) is 0 Å². The van der Waals surface area contributed by atoms with Crippen LogP contribution in [-0.4, -0.2) is 36.1 Å². The lowest BCUT2D eigenvalue weighted by Gasteiger charge is -2.32. The summed E-state index contributed by atoms with van der Waals surface area (Å²) in [7, 11) is 1.50. The zero-order valence-corrected chi connectivity index (χ0v) is 21.1. The van der Waals surface area contributed by atoms with Crippen molar-refractivity contribution in [2.75, 3.05) is 30.4 Å². The van der Waals surface area contributed by atoms with E-state index in [1.807, 2.05) is 24.3 Å². The lowest BCUT2D eigenvalue weighted by molar-refractivity contribution is -0.147. The number of para-hydroxylation sites is 2. The topological polar surface area (TPSA) is 70.2 Å². The van der Waals surface area contributed by atoms with Gasteiger partial charge in [0.15, 0.2) is 0 Å². The van der Waals surface area contributed by atoms with Crippen LogP contribution < -0.4 is 10.2 Å². The molecule has 0 aliphatic heterocycles. The number of imidazole rings is 1. The zero-order valence-electron chi connectivity index (χ0n) is 21.1. The van der Waals surface area contributed by atoms with Crippen LogP contribution in [0.5, 0.6) is 0 Å². The van der Waals surface area contributed by atoms with Gasteiger partial charge in [-0.15, -0.1) is 0 Å². The lowest BCUT2D eigenvalue weighted by atomic mass is 9.78. The van der Waals surface area contributed by atoms with E-state index >= 15 is 0 Å². The van der Waals surface area contributed by atoms with E-state index in [0.717, 1.165) is 66.7 Å². The maximum absolute atomic E-state index is 13.0. The normalized spacial score (nSPS) is 15.3. The third-order valence-corrected chi connectivity index (χ3v) is 6.74. The van der Waals surface area contributed by atoms with Crippen molar-refractivity contribution in [3.05, 3.63) is 48.0 Å². The molecule has 3 aromatic rings. The van der Waals surface area contributed by atoms with E-state index in [0.29, 0.717) is 17.8 Å². The number of nitrogens with one attached hydrogen (secondary N) is 2. The maximum Gasteiger partial charge on any atom is 0.316 e. The number of carbonyl (C=O) groups is 1. The molecular formula is C28H38N4O2. The minimum Gasteiger partial charge on any atom is -0.468 e. The monoisotopic (exact) mass is 462 g/mol. The molecule has 0 amide bonds. The first kappa shape index (κ1) is 24.1. The average Bonchev–Trinajstić information content (AvgIpc) is 3.45. The van der Waals surface area contributed by atoms with E-state index in [-0.39, 0.29) is 5.97 Å². The number of anilines is 3. The Bertz CT molecular complexity index is 1090. The van der Waals surface area contributed by atoms with Gasteiger partial charge in [-0.3, -0.25) is 4.79 Å². The molecule has 0 bridgehead atoms. The van der Waals surface area contributed by atoms with E-state index in [4.69, 9.17) is 9.72 Å². The van der Waals surface area contributed by atoms with Gasteiger partial charge >= 0.3 is 5.97 Å². The first-order valence-electron chi connectivity index (χ1n) is 12.5. The molecule has 6 nitrogen and oxygen atoms in total. The molecule has 1 saturated carbocycles. The van der Waals surface area contributed by atoms with Gasteiger partial charge in [-0.1, -0.05) is 58.7 Å². The molecule has 0 saturated heterocycles. The minimum atomic E-state index is -0.571. The predicted octanol–water partition coefficient (Wildman–Crippen LogP) is 6.41. The molecule has 1 aromatic heterocycles. The molecule has 0 atom stereocenters. The third-order valence-electron chi connectivity index (χ3n) is 6.74. The Morgan fingerprint density at radius 3 is 2.38 bits per heavy atom. The number of hydrogen-bond acceptors (Lipinski definition) is 5. The van der Waals surface area contributed by atoms with Crippen molar-refractivity contribution in [2.45, 2.75) is 58.8 Å². The van der Waals surface area contributed by atoms with Gasteiger partial charge in [-0.25, -0.2) is 4.98 Å². The van der Waals surface area contributed by atoms with Gasteiger partial charge in [0.05, 0.1) is 34.9 Å². The molecule has 34 heavy (non-hydrogen) atoms. The van der Waals surface area contributed by atoms with E-state index in [9.17, 15) is 4.79 Å². The number of fused-ring (bicyclic) bond motifs is 1. The molecule has 1 aliphatic carbocycles. The van der Waals surface area contributed by atoms with Gasteiger partial charge < -0.3 is 19.9 Å². The number of ether oxygens (including phenoxy) is 1. The highest BCUT2D eigenvalue weighted by atomic mass is 16.5. The lowest BCUT2D eigenvalue weighted by Crippen LogP contribution is -2.35. The molecule has 0 spiro atoms. The van der Waals surface area contributed by atoms with Crippen LogP contribution in [0.2, 0.25) is 0 Å². The summed E-state index contributed by atoms with van der Waals surface area (Å²) < 4.78 is 5.28. The molecule has 1 heterocycles. The number of carbonyl (C=O) groups excluding carboxylic acids is 1. The number of rotatable bonds is 9. The highest BCUT2D eigenvalue weighted by Gasteiger charge is 2.44. The van der Waals surface area contributed by atoms with Crippen LogP contribution in [0.25, 0.3) is 11.0 Å². The molecule has 6 heteroatoms. The fourth-order valence-electron chi connectivity index (χ4n) is 5.29. The van der Waals surface area contributed by atoms with Gasteiger partial charge in [0.2, 0.25) is 5.95 Å². The predicted molar refractivity (Wildman–Crippen MR) is 140 cm³/mol. The van der Waals surface area contributed by atoms with Gasteiger partial charge in [0.25, 0.3) is 0 Å². The van der Waals surface area contributed by atoms with Gasteiger partial charge in [-0.05, 0) is 54.5 Å². The second-order valence-electron chi connectivity index (χ2n) is 10.4. The van der Waals surface area contributed by atoms with Crippen LogP contribution in [0.15, 0.2) is 42.5 Å². The van der Waals surface area contributed by atoms with Gasteiger partial charge in [-0.2, -0.15) is 0 Å². The summed E-state index contributed by atoms with van der Waals surface area (Å²) in [5, 5.41) is 3.57. The largest absolute Gasteiger partial charge is 0.468 e. The van der Waals surface area contributed by atoms with Crippen molar-refractivity contribution in [3.63, 3.8) is 0 Å². The minimum absolute atomic E-state index is 0.131. The first-order chi connectivity index (χ1) is 16.3. The Kier molecular flexibility index (Phi) is 7.15. The Morgan fingerprint density at radius 1 is 1.09 bits per heavy atom. The molecule has 2 aromatic carbocycles. The Morgan fingerprint density at radius 2 is 1.76 bits per heavy atom. The molecule has 1 fully saturated rings. The SMILES string of the molecule is COC(=O)C1(c2ccc(N(CC(C)C)CC(C)C)c(Nc3nc4ccccc4[nH]3)c2)CCCC1. The Labute approximate surface area is 203 Å². The highest BCUT2D eigenvalue weighted by molar-refractivity contribution is 5.86. The van der Waals surface area contributed by atoms with Crippen LogP contribution in [0.4, 0.5) is 17.3 Å². The first-order valence-corrected chi connectivity index (χ1v) is 12.5. The molecule has 182 valence electrons. The molecular weight excluding hydrogens is 424 g/mol. The fourth-order valence-corrected chi connectivity index (χ4v) is 5.29. The average molecular weight is 463 g/mol. The number of esters is 1. The number of H-pyrrole nitrogens is 1. The van der Waals surface area contributed by atoms with E-state index in [2.05, 4.69) is 61.1 Å². The molecule has 2 N–H and O–H groups in total. The van der Waals surface area contributed by atoms with Crippen molar-refractivity contribution in [3.8, 4) is 0 Å². The summed E-state index contributed by atoms with van der Waals surface area (Å²) in [4.78, 5) is 23.6. The fraction of sp³-hybridized carbons (Fsp3) is 0.500. The number of nitrogens with zero attached hydrogens (tertiary/aromatic N) is 2. The summed E-state index contributed by atoms with van der Waals surface area (Å²) in [5.74, 6) is 1.61. The van der Waals surface area contributed by atoms with Crippen LogP contribution in [0.1, 0.15) is 58.9 Å². The van der Waals surface area contributed by atoms with Crippen LogP contribution in [-0.2, 0) is 14.9 Å².